The van der Waals surface area contributed by atoms with Gasteiger partial charge in [-0.2, -0.15) is 9.97 Å². The summed E-state index contributed by atoms with van der Waals surface area (Å²) in [4.78, 5) is 236. The molecule has 594 valence electrons. The number of benzene rings is 2. The number of rotatable bonds is 45. The maximum absolute atomic E-state index is 14.0. The van der Waals surface area contributed by atoms with Gasteiger partial charge in [-0.3, -0.25) is 79.2 Å². The lowest BCUT2D eigenvalue weighted by Crippen LogP contribution is -2.60. The molecule has 6 rings (SSSR count). The van der Waals surface area contributed by atoms with Crippen molar-refractivity contribution in [1.29, 1.82) is 5.41 Å². The minimum atomic E-state index is -2.24. The zero-order valence-electron chi connectivity index (χ0n) is 58.5. The highest BCUT2D eigenvalue weighted by atomic mass is 33.1. The van der Waals surface area contributed by atoms with E-state index in [4.69, 9.17) is 22.7 Å². The van der Waals surface area contributed by atoms with Gasteiger partial charge < -0.3 is 105 Å². The Hall–Kier alpha value is -13.3. The average Bonchev–Trinajstić information content (AvgIpc) is 0.823. The third-order valence-electron chi connectivity index (χ3n) is 15.6. The fourth-order valence-electron chi connectivity index (χ4n) is 9.98. The van der Waals surface area contributed by atoms with Gasteiger partial charge >= 0.3 is 41.8 Å². The van der Waals surface area contributed by atoms with E-state index in [9.17, 15) is 112 Å². The van der Waals surface area contributed by atoms with Crippen LogP contribution in [0.4, 0.5) is 23.3 Å². The molecule has 2 aromatic carbocycles. The molecule has 0 aliphatic carbocycles. The van der Waals surface area contributed by atoms with Gasteiger partial charge in [0.1, 0.15) is 48.3 Å². The summed E-state index contributed by atoms with van der Waals surface area (Å²) in [6.45, 7) is 2.62. The summed E-state index contributed by atoms with van der Waals surface area (Å²) >= 11 is 0. The van der Waals surface area contributed by atoms with Crippen molar-refractivity contribution in [3.05, 3.63) is 99.3 Å². The lowest BCUT2D eigenvalue weighted by atomic mass is 10.0. The summed E-state index contributed by atoms with van der Waals surface area (Å²) in [6.07, 6.45) is -4.03. The maximum atomic E-state index is 14.0. The molecule has 0 unspecified atom stereocenters. The van der Waals surface area contributed by atoms with Crippen LogP contribution < -0.4 is 87.0 Å². The quantitative estimate of drug-likeness (QED) is 0.00746. The van der Waals surface area contributed by atoms with E-state index < -0.39 is 205 Å². The highest BCUT2D eigenvalue weighted by Crippen LogP contribution is 2.39. The van der Waals surface area contributed by atoms with Crippen LogP contribution in [0.5, 0.6) is 0 Å². The van der Waals surface area contributed by atoms with E-state index in [1.165, 1.54) is 74.8 Å². The number of aromatic amines is 2. The number of hydrogen-bond acceptors (Lipinski definition) is 31. The summed E-state index contributed by atoms with van der Waals surface area (Å²) in [7, 11) is 1.32. The van der Waals surface area contributed by atoms with E-state index in [-0.39, 0.29) is 76.9 Å². The number of hydrogen-bond donors (Lipinski definition) is 24. The van der Waals surface area contributed by atoms with Crippen molar-refractivity contribution in [2.45, 2.75) is 138 Å². The van der Waals surface area contributed by atoms with Crippen LogP contribution >= 0.6 is 21.6 Å². The number of aliphatic carboxylic acids is 7. The minimum Gasteiger partial charge on any atom is -0.481 e. The van der Waals surface area contributed by atoms with Crippen molar-refractivity contribution in [2.75, 3.05) is 34.4 Å². The van der Waals surface area contributed by atoms with Gasteiger partial charge in [0.05, 0.1) is 60.9 Å². The van der Waals surface area contributed by atoms with Crippen LogP contribution in [0.2, 0.25) is 0 Å². The van der Waals surface area contributed by atoms with Crippen LogP contribution in [-0.2, 0) is 75.4 Å². The standard InChI is InChI=1S/C63H77N23O23S2/c1-63(2,111-110-25-38(59(106)107)76-40(88)16-14-34(58(104)105)79-51(96)26-5-9-28(10-6-26)68-21-30-23-70-48-44(73-30)47(64)83-61(65)84-48)46(60(108)109)82-55(100)37(20-43(93)94)81-54(99)36(19-42(91)92)80-52(97)32(4-3-17-72-67)77-53(98)35(18-41(89)90)75-39(87)15-13-33(57(102)103)78-50(95)27-7-11-29(12-8-27)69-22-31-24-71-49-45(74-31)56(101)86-62(66)85-49/h5-12,23-24,32-38,46,68-69,72H,3-4,13-22,25,67H2,1-2H3,(H,75,87)(H,76,88)(H,77,98)(H,78,95)(H,79,96)(H,80,97)(H,81,99)(H,82,100)(H,89,90)(H,91,92)(H,93,94)(H,102,103)(H,104,105)(H,106,107)(H,108,109)(H4,64,65,70,83,84)(H3,66,71,85,86,101)/t32-,33-,34-,35-,36-,37-,38-,46+/m0/s1. The van der Waals surface area contributed by atoms with E-state index in [1.54, 1.807) is 0 Å². The van der Waals surface area contributed by atoms with E-state index in [0.717, 1.165) is 0 Å². The third kappa shape index (κ3) is 27.2. The highest BCUT2D eigenvalue weighted by Gasteiger charge is 2.41. The molecule has 8 atom stereocenters. The van der Waals surface area contributed by atoms with Crippen molar-refractivity contribution >= 4 is 156 Å². The van der Waals surface area contributed by atoms with Crippen molar-refractivity contribution in [3.8, 4) is 0 Å². The first-order valence-corrected chi connectivity index (χ1v) is 35.2. The molecule has 0 spiro atoms. The molecule has 46 nitrogen and oxygen atoms in total. The van der Waals surface area contributed by atoms with Crippen LogP contribution in [0.3, 0.4) is 0 Å². The van der Waals surface area contributed by atoms with Gasteiger partial charge in [-0.05, 0) is 88.1 Å². The molecule has 27 N–H and O–H groups in total. The summed E-state index contributed by atoms with van der Waals surface area (Å²) in [5, 5.41) is 101. The molecule has 0 saturated carbocycles. The largest absolute Gasteiger partial charge is 0.481 e. The number of nitrogen functional groups attached to an aromatic ring is 2. The first kappa shape index (κ1) is 86.7. The Kier molecular flexibility index (Phi) is 31.7. The number of carbonyl (C=O) groups is 15. The molecule has 0 aliphatic rings. The van der Waals surface area contributed by atoms with Crippen LogP contribution in [0, 0.1) is 5.41 Å². The van der Waals surface area contributed by atoms with Crippen LogP contribution in [0.15, 0.2) is 65.7 Å². The minimum absolute atomic E-state index is 0.0160. The SMILES string of the molecule is CC(C)(SSC[C@H](NC(=O)CC[C@H](NC(=O)c1ccc(NCc2cnc3nc(N)[nH]c(=N)c3n2)cc1)C(=O)O)C(=O)O)[C@H](NC(=O)[C@H](CC(=O)O)NC(=O)[C@H](CC(=O)O)NC(=O)[C@H](CCCNN)NC(=O)[C@H](CC(=O)O)NC(=O)CC[C@H](NC(=O)c1ccc(NCc2cnc3nc(N)[nH]c(=O)c3n2)cc1)C(=O)O)C(=O)O. The van der Waals surface area contributed by atoms with Crippen molar-refractivity contribution < 1.29 is 108 Å². The second-order valence-electron chi connectivity index (χ2n) is 24.6. The Morgan fingerprint density at radius 3 is 1.34 bits per heavy atom. The monoisotopic (exact) mass is 1590 g/mol. The predicted molar refractivity (Wildman–Crippen MR) is 387 cm³/mol. The Labute approximate surface area is 631 Å². The Balaban J connectivity index is 1.00. The molecule has 4 heterocycles. The number of H-pyrrole nitrogens is 2. The van der Waals surface area contributed by atoms with Crippen molar-refractivity contribution in [3.63, 3.8) is 0 Å². The first-order chi connectivity index (χ1) is 52.4. The topological polar surface area (TPSA) is 758 Å². The molecule has 6 aromatic rings. The lowest BCUT2D eigenvalue weighted by molar-refractivity contribution is -0.145. The second-order valence-corrected chi connectivity index (χ2v) is 27.6. The zero-order valence-corrected chi connectivity index (χ0v) is 60.1. The number of carbonyl (C=O) groups excluding carboxylic acids is 8. The molecule has 4 aromatic heterocycles. The van der Waals surface area contributed by atoms with Gasteiger partial charge in [0.25, 0.3) is 17.4 Å². The van der Waals surface area contributed by atoms with Crippen LogP contribution in [0.25, 0.3) is 22.3 Å². The molecule has 48 heteroatoms. The fraction of sp³-hybridized carbons (Fsp3) is 0.381. The number of carboxylic acids is 7. The Morgan fingerprint density at radius 2 is 0.901 bits per heavy atom. The van der Waals surface area contributed by atoms with Gasteiger partial charge in [-0.25, -0.2) is 39.1 Å². The predicted octanol–water partition coefficient (Wildman–Crippen LogP) is -4.22. The van der Waals surface area contributed by atoms with E-state index in [0.29, 0.717) is 44.4 Å². The number of anilines is 4. The number of fused-ring (bicyclic) bond motifs is 2. The summed E-state index contributed by atoms with van der Waals surface area (Å²) in [6, 6.07) is -4.10. The molecule has 8 amide bonds. The average molecular weight is 1590 g/mol. The van der Waals surface area contributed by atoms with Gasteiger partial charge in [-0.15, -0.1) is 0 Å². The second kappa shape index (κ2) is 40.6. The number of amides is 8. The molecule has 111 heavy (non-hydrogen) atoms. The van der Waals surface area contributed by atoms with Gasteiger partial charge in [0.15, 0.2) is 27.8 Å². The number of carboxylic acid groups (broad SMARTS) is 7. The number of aromatic nitrogens is 8. The molecular formula is C63H77N23O23S2. The highest BCUT2D eigenvalue weighted by molar-refractivity contribution is 8.77. The maximum Gasteiger partial charge on any atom is 0.327 e. The molecule has 0 radical (unpaired) electrons. The Bertz CT molecular complexity index is 4630. The smallest absolute Gasteiger partial charge is 0.327 e. The van der Waals surface area contributed by atoms with Gasteiger partial charge in [0.2, 0.25) is 47.3 Å². The third-order valence-corrected chi connectivity index (χ3v) is 18.9. The lowest BCUT2D eigenvalue weighted by Gasteiger charge is -2.32. The molecule has 0 bridgehead atoms. The van der Waals surface area contributed by atoms with Gasteiger partial charge in [-0.1, -0.05) is 21.6 Å². The first-order valence-electron chi connectivity index (χ1n) is 32.9. The normalized spacial score (nSPS) is 13.3. The number of hydrazine groups is 1. The van der Waals surface area contributed by atoms with Crippen LogP contribution in [-0.4, -0.2) is 230 Å². The summed E-state index contributed by atoms with van der Waals surface area (Å²) in [5.74, 6) is -16.7. The number of nitrogens with zero attached hydrogens (tertiary/aromatic N) is 6. The molecular weight excluding hydrogens is 1510 g/mol. The summed E-state index contributed by atoms with van der Waals surface area (Å²) in [5.41, 5.74) is 14.7. The zero-order chi connectivity index (χ0) is 82.0. The number of nitrogens with one attached hydrogen (secondary N) is 14. The molecule has 0 saturated heterocycles. The van der Waals surface area contributed by atoms with E-state index >= 15 is 0 Å². The van der Waals surface area contributed by atoms with Crippen molar-refractivity contribution in [1.82, 2.24) is 87.8 Å². The van der Waals surface area contributed by atoms with E-state index in [2.05, 4.69) is 93.1 Å². The molecule has 0 aliphatic heterocycles. The Morgan fingerprint density at radius 1 is 0.495 bits per heavy atom. The van der Waals surface area contributed by atoms with Gasteiger partial charge in [0, 0.05) is 47.6 Å². The van der Waals surface area contributed by atoms with E-state index in [1.807, 2.05) is 5.32 Å². The number of nitrogens with two attached hydrogens (primary N) is 3. The van der Waals surface area contributed by atoms with Crippen LogP contribution in [0.1, 0.15) is 104 Å². The fourth-order valence-corrected chi connectivity index (χ4v) is 12.8. The van der Waals surface area contributed by atoms with Crippen molar-refractivity contribution in [2.24, 2.45) is 5.84 Å². The summed E-state index contributed by atoms with van der Waals surface area (Å²) < 4.78 is -1.70. The molecule has 0 fully saturated rings.